The maximum atomic E-state index is 4.24. The molecule has 1 aromatic rings. The van der Waals surface area contributed by atoms with Crippen LogP contribution in [0.4, 0.5) is 0 Å². The zero-order valence-corrected chi connectivity index (χ0v) is 10.7. The van der Waals surface area contributed by atoms with Crippen molar-refractivity contribution < 1.29 is 0 Å². The molecule has 13 heavy (non-hydrogen) atoms. The number of aryl methyl sites for hydroxylation is 1. The van der Waals surface area contributed by atoms with Crippen LogP contribution in [-0.4, -0.2) is 10.2 Å². The zero-order chi connectivity index (χ0) is 10.0. The molecule has 0 aromatic carbocycles. The molecular formula is C10H15IN2. The van der Waals surface area contributed by atoms with Gasteiger partial charge in [-0.2, -0.15) is 10.2 Å². The van der Waals surface area contributed by atoms with E-state index < -0.39 is 0 Å². The third-order valence-electron chi connectivity index (χ3n) is 2.01. The molecule has 0 radical (unpaired) electrons. The van der Waals surface area contributed by atoms with Crippen LogP contribution in [0, 0.1) is 6.92 Å². The molecule has 0 aliphatic rings. The lowest BCUT2D eigenvalue weighted by Crippen LogP contribution is -2.02. The van der Waals surface area contributed by atoms with Crippen molar-refractivity contribution in [1.82, 2.24) is 10.2 Å². The summed E-state index contributed by atoms with van der Waals surface area (Å²) in [6.07, 6.45) is 0. The Bertz CT molecular complexity index is 295. The van der Waals surface area contributed by atoms with Gasteiger partial charge in [-0.05, 0) is 31.4 Å². The lowest BCUT2D eigenvalue weighted by molar-refractivity contribution is 0.762. The third-order valence-corrected chi connectivity index (χ3v) is 2.60. The van der Waals surface area contributed by atoms with E-state index in [4.69, 9.17) is 0 Å². The molecule has 0 fully saturated rings. The number of halogens is 1. The van der Waals surface area contributed by atoms with Gasteiger partial charge in [-0.25, -0.2) is 0 Å². The number of hydrogen-bond acceptors (Lipinski definition) is 2. The van der Waals surface area contributed by atoms with Crippen molar-refractivity contribution in [1.29, 1.82) is 0 Å². The monoisotopic (exact) mass is 290 g/mol. The quantitative estimate of drug-likeness (QED) is 0.616. The third kappa shape index (κ3) is 2.62. The van der Waals surface area contributed by atoms with Crippen LogP contribution in [-0.2, 0) is 0 Å². The van der Waals surface area contributed by atoms with Gasteiger partial charge < -0.3 is 0 Å². The number of rotatable bonds is 2. The molecule has 1 aromatic heterocycles. The van der Waals surface area contributed by atoms with Crippen molar-refractivity contribution >= 4 is 22.6 Å². The van der Waals surface area contributed by atoms with Gasteiger partial charge in [0, 0.05) is 0 Å². The Kier molecular flexibility index (Phi) is 3.64. The van der Waals surface area contributed by atoms with E-state index in [1.807, 2.05) is 0 Å². The van der Waals surface area contributed by atoms with Gasteiger partial charge in [0.2, 0.25) is 0 Å². The first-order valence-corrected chi connectivity index (χ1v) is 5.75. The van der Waals surface area contributed by atoms with Crippen molar-refractivity contribution in [2.45, 2.75) is 37.5 Å². The van der Waals surface area contributed by atoms with Crippen LogP contribution in [0.15, 0.2) is 6.07 Å². The fourth-order valence-electron chi connectivity index (χ4n) is 1.19. The van der Waals surface area contributed by atoms with E-state index >= 15 is 0 Å². The molecule has 3 heteroatoms. The van der Waals surface area contributed by atoms with E-state index in [1.54, 1.807) is 0 Å². The predicted molar refractivity (Wildman–Crippen MR) is 63.3 cm³/mol. The molecule has 0 bridgehead atoms. The Balaban J connectivity index is 3.06. The molecule has 0 aliphatic heterocycles. The molecular weight excluding hydrogens is 275 g/mol. The fraction of sp³-hybridized carbons (Fsp3) is 0.600. The molecule has 1 unspecified atom stereocenters. The normalized spacial score (nSPS) is 13.4. The minimum atomic E-state index is 0.436. The largest absolute Gasteiger partial charge is 0.155 e. The van der Waals surface area contributed by atoms with Crippen molar-refractivity contribution in [2.24, 2.45) is 0 Å². The van der Waals surface area contributed by atoms with Gasteiger partial charge in [0.05, 0.1) is 15.3 Å². The van der Waals surface area contributed by atoms with E-state index in [9.17, 15) is 0 Å². The standard InChI is InChI=1S/C10H15IN2/c1-6(2)9-5-7(3)10(8(4)11)13-12-9/h5-6,8H,1-4H3. The molecule has 0 amide bonds. The predicted octanol–water partition coefficient (Wildman–Crippen LogP) is 3.40. The SMILES string of the molecule is Cc1cc(C(C)C)nnc1C(C)I. The van der Waals surface area contributed by atoms with Crippen LogP contribution in [0.1, 0.15) is 47.6 Å². The van der Waals surface area contributed by atoms with Crippen LogP contribution in [0.3, 0.4) is 0 Å². The summed E-state index contributed by atoms with van der Waals surface area (Å²) in [7, 11) is 0. The number of nitrogens with zero attached hydrogens (tertiary/aromatic N) is 2. The molecule has 0 saturated carbocycles. The Labute approximate surface area is 93.3 Å². The average molecular weight is 290 g/mol. The van der Waals surface area contributed by atoms with E-state index in [2.05, 4.69) is 66.5 Å². The summed E-state index contributed by atoms with van der Waals surface area (Å²) < 4.78 is 0.436. The van der Waals surface area contributed by atoms with E-state index in [0.717, 1.165) is 11.4 Å². The molecule has 0 spiro atoms. The van der Waals surface area contributed by atoms with Gasteiger partial charge in [-0.1, -0.05) is 36.4 Å². The van der Waals surface area contributed by atoms with Crippen molar-refractivity contribution in [3.8, 4) is 0 Å². The summed E-state index contributed by atoms with van der Waals surface area (Å²) in [6, 6.07) is 2.14. The Morgan fingerprint density at radius 3 is 2.23 bits per heavy atom. The Morgan fingerprint density at radius 2 is 1.85 bits per heavy atom. The van der Waals surface area contributed by atoms with Gasteiger partial charge in [-0.15, -0.1) is 0 Å². The van der Waals surface area contributed by atoms with Gasteiger partial charge in [0.25, 0.3) is 0 Å². The van der Waals surface area contributed by atoms with Crippen LogP contribution >= 0.6 is 22.6 Å². The molecule has 1 rings (SSSR count). The number of aromatic nitrogens is 2. The van der Waals surface area contributed by atoms with Crippen molar-refractivity contribution in [3.63, 3.8) is 0 Å². The Hall–Kier alpha value is -0.190. The minimum Gasteiger partial charge on any atom is -0.155 e. The fourth-order valence-corrected chi connectivity index (χ4v) is 1.81. The highest BCUT2D eigenvalue weighted by Crippen LogP contribution is 2.24. The van der Waals surface area contributed by atoms with E-state index in [0.29, 0.717) is 9.84 Å². The lowest BCUT2D eigenvalue weighted by Gasteiger charge is -2.09. The van der Waals surface area contributed by atoms with E-state index in [-0.39, 0.29) is 0 Å². The summed E-state index contributed by atoms with van der Waals surface area (Å²) in [5.41, 5.74) is 3.43. The molecule has 0 N–H and O–H groups in total. The molecule has 2 nitrogen and oxygen atoms in total. The summed E-state index contributed by atoms with van der Waals surface area (Å²) in [5.74, 6) is 0.463. The van der Waals surface area contributed by atoms with Gasteiger partial charge >= 0.3 is 0 Å². The first kappa shape index (κ1) is 10.9. The molecule has 0 saturated heterocycles. The molecule has 1 heterocycles. The first-order chi connectivity index (χ1) is 6.02. The van der Waals surface area contributed by atoms with Crippen molar-refractivity contribution in [3.05, 3.63) is 23.0 Å². The maximum absolute atomic E-state index is 4.24. The van der Waals surface area contributed by atoms with Crippen LogP contribution in [0.25, 0.3) is 0 Å². The second-order valence-corrected chi connectivity index (χ2v) is 5.48. The highest BCUT2D eigenvalue weighted by atomic mass is 127. The second kappa shape index (κ2) is 4.35. The van der Waals surface area contributed by atoms with Gasteiger partial charge in [0.15, 0.2) is 0 Å². The molecule has 72 valence electrons. The maximum Gasteiger partial charge on any atom is 0.0785 e. The summed E-state index contributed by atoms with van der Waals surface area (Å²) >= 11 is 2.36. The van der Waals surface area contributed by atoms with Crippen LogP contribution in [0.2, 0.25) is 0 Å². The summed E-state index contributed by atoms with van der Waals surface area (Å²) in [5, 5.41) is 8.45. The smallest absolute Gasteiger partial charge is 0.0785 e. The number of alkyl halides is 1. The first-order valence-electron chi connectivity index (χ1n) is 4.50. The van der Waals surface area contributed by atoms with E-state index in [1.165, 1.54) is 5.56 Å². The lowest BCUT2D eigenvalue weighted by atomic mass is 10.1. The second-order valence-electron chi connectivity index (χ2n) is 3.61. The van der Waals surface area contributed by atoms with Crippen LogP contribution in [0.5, 0.6) is 0 Å². The molecule has 1 atom stereocenters. The minimum absolute atomic E-state index is 0.436. The molecule has 0 aliphatic carbocycles. The van der Waals surface area contributed by atoms with Gasteiger partial charge in [-0.3, -0.25) is 0 Å². The van der Waals surface area contributed by atoms with Crippen molar-refractivity contribution in [2.75, 3.05) is 0 Å². The topological polar surface area (TPSA) is 25.8 Å². The average Bonchev–Trinajstić information content (AvgIpc) is 2.03. The number of hydrogen-bond donors (Lipinski definition) is 0. The van der Waals surface area contributed by atoms with Crippen LogP contribution < -0.4 is 0 Å². The zero-order valence-electron chi connectivity index (χ0n) is 8.50. The Morgan fingerprint density at radius 1 is 1.23 bits per heavy atom. The summed E-state index contributed by atoms with van der Waals surface area (Å²) in [6.45, 7) is 8.50. The highest BCUT2D eigenvalue weighted by Gasteiger charge is 2.09. The summed E-state index contributed by atoms with van der Waals surface area (Å²) in [4.78, 5) is 0. The highest BCUT2D eigenvalue weighted by molar-refractivity contribution is 14.1. The van der Waals surface area contributed by atoms with Gasteiger partial charge in [0.1, 0.15) is 0 Å².